The summed E-state index contributed by atoms with van der Waals surface area (Å²) in [5, 5.41) is 12.9. The number of carboxylic acids is 1. The number of aliphatic carboxylic acids is 1. The summed E-state index contributed by atoms with van der Waals surface area (Å²) in [6.07, 6.45) is 0.712. The zero-order chi connectivity index (χ0) is 13.5. The van der Waals surface area contributed by atoms with E-state index in [0.29, 0.717) is 6.42 Å². The van der Waals surface area contributed by atoms with E-state index in [9.17, 15) is 14.4 Å². The fraction of sp³-hybridized carbons (Fsp3) is 0.700. The molecular weight excluding hydrogens is 228 g/mol. The minimum absolute atomic E-state index is 0.410. The van der Waals surface area contributed by atoms with Crippen molar-refractivity contribution in [3.63, 3.8) is 0 Å². The number of hydrogen-bond acceptors (Lipinski definition) is 4. The second-order valence-electron chi connectivity index (χ2n) is 4.13. The van der Waals surface area contributed by atoms with E-state index < -0.39 is 36.7 Å². The Labute approximate surface area is 99.5 Å². The maximum Gasteiger partial charge on any atom is 0.329 e. The van der Waals surface area contributed by atoms with Crippen LogP contribution in [0.15, 0.2) is 0 Å². The number of amides is 3. The van der Waals surface area contributed by atoms with Crippen LogP contribution in [0, 0.1) is 0 Å². The maximum absolute atomic E-state index is 11.3. The molecule has 0 aliphatic heterocycles. The van der Waals surface area contributed by atoms with Gasteiger partial charge in [-0.2, -0.15) is 0 Å². The molecule has 98 valence electrons. The van der Waals surface area contributed by atoms with Gasteiger partial charge in [-0.05, 0) is 20.3 Å². The van der Waals surface area contributed by atoms with Crippen molar-refractivity contribution in [3.05, 3.63) is 0 Å². The highest BCUT2D eigenvalue weighted by atomic mass is 16.5. The summed E-state index contributed by atoms with van der Waals surface area (Å²) >= 11 is 0. The van der Waals surface area contributed by atoms with Crippen molar-refractivity contribution in [2.75, 3.05) is 13.2 Å². The number of nitrogens with one attached hydrogen (secondary N) is 2. The zero-order valence-electron chi connectivity index (χ0n) is 10.2. The molecule has 0 aromatic rings. The van der Waals surface area contributed by atoms with Crippen LogP contribution in [0.5, 0.6) is 0 Å². The van der Waals surface area contributed by atoms with Crippen LogP contribution in [-0.2, 0) is 14.3 Å². The molecule has 0 radical (unpaired) electrons. The van der Waals surface area contributed by atoms with Crippen molar-refractivity contribution < 1.29 is 24.2 Å². The molecule has 0 saturated carbocycles. The van der Waals surface area contributed by atoms with Gasteiger partial charge in [0, 0.05) is 5.54 Å². The molecule has 3 N–H and O–H groups in total. The van der Waals surface area contributed by atoms with Gasteiger partial charge in [0.1, 0.15) is 13.2 Å². The van der Waals surface area contributed by atoms with Gasteiger partial charge in [0.25, 0.3) is 5.91 Å². The number of urea groups is 1. The topological polar surface area (TPSA) is 105 Å². The van der Waals surface area contributed by atoms with E-state index in [1.807, 2.05) is 26.1 Å². The van der Waals surface area contributed by atoms with E-state index in [1.165, 1.54) is 0 Å². The Hall–Kier alpha value is -1.63. The molecule has 0 fully saturated rings. The van der Waals surface area contributed by atoms with E-state index in [4.69, 9.17) is 5.11 Å². The molecule has 7 nitrogen and oxygen atoms in total. The SMILES string of the molecule is CCC(C)(C)NC(=O)NC(=O)COCC(=O)O. The van der Waals surface area contributed by atoms with E-state index in [1.54, 1.807) is 0 Å². The second kappa shape index (κ2) is 6.85. The molecule has 0 aliphatic rings. The van der Waals surface area contributed by atoms with E-state index in [-0.39, 0.29) is 0 Å². The first-order valence-electron chi connectivity index (χ1n) is 5.18. The summed E-state index contributed by atoms with van der Waals surface area (Å²) in [5.41, 5.74) is -0.410. The molecule has 0 aromatic heterocycles. The third-order valence-electron chi connectivity index (χ3n) is 2.05. The van der Waals surface area contributed by atoms with E-state index in [0.717, 1.165) is 0 Å². The van der Waals surface area contributed by atoms with Crippen LogP contribution in [-0.4, -0.2) is 41.8 Å². The highest BCUT2D eigenvalue weighted by molar-refractivity contribution is 5.95. The number of ether oxygens (including phenoxy) is 1. The van der Waals surface area contributed by atoms with Gasteiger partial charge in [0.05, 0.1) is 0 Å². The summed E-state index contributed by atoms with van der Waals surface area (Å²) < 4.78 is 4.52. The minimum atomic E-state index is -1.17. The van der Waals surface area contributed by atoms with E-state index in [2.05, 4.69) is 10.1 Å². The monoisotopic (exact) mass is 246 g/mol. The lowest BCUT2D eigenvalue weighted by Gasteiger charge is -2.24. The molecule has 3 amide bonds. The van der Waals surface area contributed by atoms with Gasteiger partial charge < -0.3 is 15.2 Å². The number of carboxylic acid groups (broad SMARTS) is 1. The van der Waals surface area contributed by atoms with Crippen molar-refractivity contribution in [1.82, 2.24) is 10.6 Å². The van der Waals surface area contributed by atoms with Crippen molar-refractivity contribution in [3.8, 4) is 0 Å². The lowest BCUT2D eigenvalue weighted by molar-refractivity contribution is -0.143. The predicted octanol–water partition coefficient (Wildman–Crippen LogP) is 0.102. The fourth-order valence-electron chi connectivity index (χ4n) is 0.821. The second-order valence-corrected chi connectivity index (χ2v) is 4.13. The predicted molar refractivity (Wildman–Crippen MR) is 59.5 cm³/mol. The van der Waals surface area contributed by atoms with Crippen molar-refractivity contribution >= 4 is 17.9 Å². The van der Waals surface area contributed by atoms with Gasteiger partial charge in [-0.25, -0.2) is 9.59 Å². The summed E-state index contributed by atoms with van der Waals surface area (Å²) in [6.45, 7) is 4.50. The van der Waals surface area contributed by atoms with Crippen LogP contribution in [0.4, 0.5) is 4.79 Å². The summed E-state index contributed by atoms with van der Waals surface area (Å²) in [5.74, 6) is -1.86. The molecule has 0 aliphatic carbocycles. The number of rotatable bonds is 6. The number of imide groups is 1. The zero-order valence-corrected chi connectivity index (χ0v) is 10.2. The molecule has 0 saturated heterocycles. The Bertz CT molecular complexity index is 301. The summed E-state index contributed by atoms with van der Waals surface area (Å²) in [4.78, 5) is 32.5. The molecule has 17 heavy (non-hydrogen) atoms. The van der Waals surface area contributed by atoms with Gasteiger partial charge in [0.15, 0.2) is 0 Å². The Morgan fingerprint density at radius 2 is 1.82 bits per heavy atom. The Balaban J connectivity index is 3.89. The van der Waals surface area contributed by atoms with Crippen molar-refractivity contribution in [1.29, 1.82) is 0 Å². The molecule has 0 heterocycles. The lowest BCUT2D eigenvalue weighted by atomic mass is 10.0. The van der Waals surface area contributed by atoms with Crippen LogP contribution in [0.25, 0.3) is 0 Å². The van der Waals surface area contributed by atoms with Crippen LogP contribution in [0.1, 0.15) is 27.2 Å². The van der Waals surface area contributed by atoms with Crippen molar-refractivity contribution in [2.45, 2.75) is 32.7 Å². The van der Waals surface area contributed by atoms with E-state index >= 15 is 0 Å². The highest BCUT2D eigenvalue weighted by Gasteiger charge is 2.18. The van der Waals surface area contributed by atoms with Crippen LogP contribution in [0.3, 0.4) is 0 Å². The normalized spacial score (nSPS) is 10.8. The molecule has 0 spiro atoms. The first-order valence-corrected chi connectivity index (χ1v) is 5.18. The molecule has 0 bridgehead atoms. The smallest absolute Gasteiger partial charge is 0.329 e. The Morgan fingerprint density at radius 3 is 2.29 bits per heavy atom. The summed E-state index contributed by atoms with van der Waals surface area (Å²) in [6, 6.07) is -0.624. The first kappa shape index (κ1) is 15.4. The third kappa shape index (κ3) is 8.21. The van der Waals surface area contributed by atoms with Crippen LogP contribution >= 0.6 is 0 Å². The number of hydrogen-bond donors (Lipinski definition) is 3. The number of carbonyl (C=O) groups is 3. The quantitative estimate of drug-likeness (QED) is 0.616. The average Bonchev–Trinajstić information content (AvgIpc) is 2.15. The largest absolute Gasteiger partial charge is 0.480 e. The fourth-order valence-corrected chi connectivity index (χ4v) is 0.821. The maximum atomic E-state index is 11.3. The van der Waals surface area contributed by atoms with Gasteiger partial charge in [-0.3, -0.25) is 10.1 Å². The van der Waals surface area contributed by atoms with Crippen molar-refractivity contribution in [2.24, 2.45) is 0 Å². The lowest BCUT2D eigenvalue weighted by Crippen LogP contribution is -2.50. The van der Waals surface area contributed by atoms with Crippen LogP contribution in [0.2, 0.25) is 0 Å². The van der Waals surface area contributed by atoms with Gasteiger partial charge in [-0.15, -0.1) is 0 Å². The molecule has 0 rings (SSSR count). The minimum Gasteiger partial charge on any atom is -0.480 e. The molecular formula is C10H18N2O5. The molecule has 0 unspecified atom stereocenters. The van der Waals surface area contributed by atoms with Gasteiger partial charge in [0.2, 0.25) is 0 Å². The van der Waals surface area contributed by atoms with Crippen LogP contribution < -0.4 is 10.6 Å². The average molecular weight is 246 g/mol. The van der Waals surface area contributed by atoms with Gasteiger partial charge >= 0.3 is 12.0 Å². The molecule has 0 atom stereocenters. The Morgan fingerprint density at radius 1 is 1.24 bits per heavy atom. The highest BCUT2D eigenvalue weighted by Crippen LogP contribution is 2.05. The molecule has 0 aromatic carbocycles. The summed E-state index contributed by atoms with van der Waals surface area (Å²) in [7, 11) is 0. The Kier molecular flexibility index (Phi) is 6.19. The third-order valence-corrected chi connectivity index (χ3v) is 2.05. The van der Waals surface area contributed by atoms with Gasteiger partial charge in [-0.1, -0.05) is 6.92 Å². The first-order chi connectivity index (χ1) is 7.76. The molecule has 7 heteroatoms. The number of carbonyl (C=O) groups excluding carboxylic acids is 2. The standard InChI is InChI=1S/C10H18N2O5/c1-4-10(2,3)12-9(16)11-7(13)5-17-6-8(14)15/h4-6H2,1-3H3,(H,14,15)(H2,11,12,13,16).